The summed E-state index contributed by atoms with van der Waals surface area (Å²) < 4.78 is 45.7. The number of hydrogen-bond donors (Lipinski definition) is 2. The fourth-order valence-electron chi connectivity index (χ4n) is 2.12. The maximum absolute atomic E-state index is 13.5. The predicted octanol–water partition coefficient (Wildman–Crippen LogP) is 1.16. The van der Waals surface area contributed by atoms with E-state index in [1.54, 1.807) is 0 Å². The fraction of sp³-hybridized carbons (Fsp3) is 0.462. The molecule has 0 aromatic heterocycles. The molecular weight excluding hydrogens is 315 g/mol. The minimum absolute atomic E-state index is 0.0428. The molecule has 8 heteroatoms. The summed E-state index contributed by atoms with van der Waals surface area (Å²) in [6, 6.07) is 3.41. The Kier molecular flexibility index (Phi) is 5.26. The summed E-state index contributed by atoms with van der Waals surface area (Å²) in [6.45, 7) is 1.63. The Labute approximate surface area is 128 Å². The van der Waals surface area contributed by atoms with Crippen LogP contribution in [-0.2, 0) is 14.8 Å². The van der Waals surface area contributed by atoms with Gasteiger partial charge in [0.2, 0.25) is 10.0 Å². The first-order valence-corrected chi connectivity index (χ1v) is 8.46. The van der Waals surface area contributed by atoms with Crippen molar-refractivity contribution in [2.75, 3.05) is 19.8 Å². The first-order chi connectivity index (χ1) is 9.90. The van der Waals surface area contributed by atoms with E-state index in [0.717, 1.165) is 25.0 Å². The molecular formula is C13H17FN2O3S2. The Morgan fingerprint density at radius 2 is 2.10 bits per heavy atom. The minimum Gasteiger partial charge on any atom is -0.389 e. The Bertz CT molecular complexity index is 628. The number of sulfonamides is 1. The minimum atomic E-state index is -3.71. The molecule has 1 fully saturated rings. The van der Waals surface area contributed by atoms with Gasteiger partial charge >= 0.3 is 0 Å². The quantitative estimate of drug-likeness (QED) is 0.791. The number of nitrogens with one attached hydrogen (secondary N) is 1. The van der Waals surface area contributed by atoms with Gasteiger partial charge in [-0.05, 0) is 37.0 Å². The molecule has 3 N–H and O–H groups in total. The van der Waals surface area contributed by atoms with Crippen molar-refractivity contribution in [2.45, 2.75) is 17.7 Å². The van der Waals surface area contributed by atoms with Crippen molar-refractivity contribution in [1.29, 1.82) is 0 Å². The SMILES string of the molecule is NC(=S)c1cc(S(=O)(=O)NCC2CCOCC2)ccc1F. The first kappa shape index (κ1) is 16.3. The number of ether oxygens (including phenoxy) is 1. The van der Waals surface area contributed by atoms with Gasteiger partial charge in [-0.1, -0.05) is 12.2 Å². The lowest BCUT2D eigenvalue weighted by Gasteiger charge is -2.22. The van der Waals surface area contributed by atoms with E-state index in [2.05, 4.69) is 4.72 Å². The van der Waals surface area contributed by atoms with Crippen LogP contribution in [0.5, 0.6) is 0 Å². The number of nitrogens with two attached hydrogens (primary N) is 1. The molecule has 2 rings (SSSR count). The zero-order chi connectivity index (χ0) is 15.5. The van der Waals surface area contributed by atoms with Crippen molar-refractivity contribution in [2.24, 2.45) is 11.7 Å². The summed E-state index contributed by atoms with van der Waals surface area (Å²) in [5, 5.41) is 0. The van der Waals surface area contributed by atoms with Gasteiger partial charge in [0.1, 0.15) is 10.8 Å². The monoisotopic (exact) mass is 332 g/mol. The van der Waals surface area contributed by atoms with Gasteiger partial charge in [-0.2, -0.15) is 0 Å². The molecule has 0 spiro atoms. The van der Waals surface area contributed by atoms with Gasteiger partial charge in [0, 0.05) is 25.3 Å². The molecule has 0 atom stereocenters. The van der Waals surface area contributed by atoms with E-state index in [-0.39, 0.29) is 21.4 Å². The van der Waals surface area contributed by atoms with Gasteiger partial charge in [-0.3, -0.25) is 0 Å². The lowest BCUT2D eigenvalue weighted by molar-refractivity contribution is 0.0678. The van der Waals surface area contributed by atoms with Crippen LogP contribution in [0, 0.1) is 11.7 Å². The van der Waals surface area contributed by atoms with Crippen molar-refractivity contribution in [3.05, 3.63) is 29.6 Å². The molecule has 1 saturated heterocycles. The summed E-state index contributed by atoms with van der Waals surface area (Å²) in [5.74, 6) is -0.380. The number of hydrogen-bond acceptors (Lipinski definition) is 4. The summed E-state index contributed by atoms with van der Waals surface area (Å²) in [7, 11) is -3.71. The predicted molar refractivity (Wildman–Crippen MR) is 81.0 cm³/mol. The normalized spacial score (nSPS) is 16.8. The first-order valence-electron chi connectivity index (χ1n) is 6.57. The second-order valence-corrected chi connectivity index (χ2v) is 7.12. The molecule has 0 unspecified atom stereocenters. The van der Waals surface area contributed by atoms with Gasteiger partial charge < -0.3 is 10.5 Å². The third-order valence-electron chi connectivity index (χ3n) is 3.42. The van der Waals surface area contributed by atoms with E-state index in [0.29, 0.717) is 19.8 Å². The molecule has 21 heavy (non-hydrogen) atoms. The van der Waals surface area contributed by atoms with E-state index in [1.165, 1.54) is 6.07 Å². The van der Waals surface area contributed by atoms with E-state index >= 15 is 0 Å². The molecule has 1 aliphatic rings. The Morgan fingerprint density at radius 3 is 2.71 bits per heavy atom. The second kappa shape index (κ2) is 6.78. The molecule has 1 aromatic carbocycles. The zero-order valence-corrected chi connectivity index (χ0v) is 13.0. The van der Waals surface area contributed by atoms with E-state index in [9.17, 15) is 12.8 Å². The summed E-state index contributed by atoms with van der Waals surface area (Å²) in [6.07, 6.45) is 1.65. The van der Waals surface area contributed by atoms with Gasteiger partial charge in [-0.15, -0.1) is 0 Å². The second-order valence-electron chi connectivity index (χ2n) is 4.91. The molecule has 0 saturated carbocycles. The van der Waals surface area contributed by atoms with E-state index in [4.69, 9.17) is 22.7 Å². The highest BCUT2D eigenvalue weighted by atomic mass is 32.2. The third-order valence-corrected chi connectivity index (χ3v) is 5.06. The molecule has 1 aliphatic heterocycles. The van der Waals surface area contributed by atoms with Crippen molar-refractivity contribution in [3.8, 4) is 0 Å². The average molecular weight is 332 g/mol. The molecule has 116 valence electrons. The molecule has 5 nitrogen and oxygen atoms in total. The largest absolute Gasteiger partial charge is 0.389 e. The summed E-state index contributed by atoms with van der Waals surface area (Å²) in [5.41, 5.74) is 5.31. The van der Waals surface area contributed by atoms with E-state index < -0.39 is 15.8 Å². The molecule has 0 aliphatic carbocycles. The highest BCUT2D eigenvalue weighted by Gasteiger charge is 2.20. The van der Waals surface area contributed by atoms with Crippen LogP contribution in [0.4, 0.5) is 4.39 Å². The molecule has 0 amide bonds. The average Bonchev–Trinajstić information content (AvgIpc) is 2.46. The van der Waals surface area contributed by atoms with Crippen LogP contribution in [0.3, 0.4) is 0 Å². The van der Waals surface area contributed by atoms with Crippen LogP contribution in [0.1, 0.15) is 18.4 Å². The van der Waals surface area contributed by atoms with Crippen LogP contribution in [0.25, 0.3) is 0 Å². The smallest absolute Gasteiger partial charge is 0.240 e. The lowest BCUT2D eigenvalue weighted by Crippen LogP contribution is -2.32. The number of thiocarbonyl (C=S) groups is 1. The van der Waals surface area contributed by atoms with Gasteiger partial charge in [0.05, 0.1) is 4.90 Å². The van der Waals surface area contributed by atoms with Gasteiger partial charge in [0.15, 0.2) is 0 Å². The number of benzene rings is 1. The van der Waals surface area contributed by atoms with Crippen molar-refractivity contribution < 1.29 is 17.5 Å². The van der Waals surface area contributed by atoms with Crippen LogP contribution in [0.15, 0.2) is 23.1 Å². The highest BCUT2D eigenvalue weighted by Crippen LogP contribution is 2.17. The Morgan fingerprint density at radius 1 is 1.43 bits per heavy atom. The topological polar surface area (TPSA) is 81.4 Å². The van der Waals surface area contributed by atoms with Crippen LogP contribution in [-0.4, -0.2) is 33.2 Å². The summed E-state index contributed by atoms with van der Waals surface area (Å²) >= 11 is 4.71. The summed E-state index contributed by atoms with van der Waals surface area (Å²) in [4.78, 5) is -0.215. The van der Waals surface area contributed by atoms with Crippen molar-refractivity contribution in [3.63, 3.8) is 0 Å². The standard InChI is InChI=1S/C13H17FN2O3S2/c14-12-2-1-10(7-11(12)13(15)20)21(17,18)16-8-9-3-5-19-6-4-9/h1-2,7,9,16H,3-6,8H2,(H2,15,20). The van der Waals surface area contributed by atoms with Crippen LogP contribution < -0.4 is 10.5 Å². The maximum Gasteiger partial charge on any atom is 0.240 e. The molecule has 0 radical (unpaired) electrons. The Balaban J connectivity index is 2.11. The highest BCUT2D eigenvalue weighted by molar-refractivity contribution is 7.89. The van der Waals surface area contributed by atoms with Gasteiger partial charge in [0.25, 0.3) is 0 Å². The lowest BCUT2D eigenvalue weighted by atomic mass is 10.0. The van der Waals surface area contributed by atoms with Gasteiger partial charge in [-0.25, -0.2) is 17.5 Å². The Hall–Kier alpha value is -1.09. The third kappa shape index (κ3) is 4.19. The molecule has 1 aromatic rings. The number of halogens is 1. The fourth-order valence-corrected chi connectivity index (χ4v) is 3.42. The maximum atomic E-state index is 13.5. The van der Waals surface area contributed by atoms with Crippen molar-refractivity contribution in [1.82, 2.24) is 4.72 Å². The van der Waals surface area contributed by atoms with E-state index in [1.807, 2.05) is 0 Å². The molecule has 1 heterocycles. The zero-order valence-electron chi connectivity index (χ0n) is 11.3. The van der Waals surface area contributed by atoms with Crippen LogP contribution >= 0.6 is 12.2 Å². The molecule has 0 bridgehead atoms. The van der Waals surface area contributed by atoms with Crippen molar-refractivity contribution >= 4 is 27.2 Å². The van der Waals surface area contributed by atoms with Crippen LogP contribution in [0.2, 0.25) is 0 Å². The number of rotatable bonds is 5.